The Morgan fingerprint density at radius 2 is 1.76 bits per heavy atom. The molecule has 2 aliphatic heterocycles. The van der Waals surface area contributed by atoms with E-state index >= 15 is 0 Å². The predicted molar refractivity (Wildman–Crippen MR) is 91.7 cm³/mol. The van der Waals surface area contributed by atoms with Gasteiger partial charge in [-0.2, -0.15) is 0 Å². The van der Waals surface area contributed by atoms with Gasteiger partial charge in [0.1, 0.15) is 6.33 Å². The molecule has 1 aromatic rings. The van der Waals surface area contributed by atoms with Crippen LogP contribution >= 0.6 is 0 Å². The molecule has 3 rings (SSSR count). The van der Waals surface area contributed by atoms with Crippen molar-refractivity contribution in [3.8, 4) is 0 Å². The maximum Gasteiger partial charge on any atom is 0.353 e. The predicted octanol–water partition coefficient (Wildman–Crippen LogP) is 1.76. The van der Waals surface area contributed by atoms with Gasteiger partial charge < -0.3 is 14.5 Å². The summed E-state index contributed by atoms with van der Waals surface area (Å²) in [7, 11) is 0. The first kappa shape index (κ1) is 17.4. The second-order valence-corrected chi connectivity index (χ2v) is 6.33. The Morgan fingerprint density at radius 1 is 1.20 bits per heavy atom. The van der Waals surface area contributed by atoms with Crippen LogP contribution in [-0.2, 0) is 9.53 Å². The number of hydrogen-bond acceptors (Lipinski definition) is 8. The van der Waals surface area contributed by atoms with E-state index < -0.39 is 0 Å². The summed E-state index contributed by atoms with van der Waals surface area (Å²) in [5.41, 5.74) is -0.0287. The topological polar surface area (TPSA) is 102 Å². The number of nitrogens with zero attached hydrogens (tertiary/aromatic N) is 5. The van der Waals surface area contributed by atoms with Gasteiger partial charge in [-0.1, -0.05) is 0 Å². The number of nitro groups is 1. The van der Waals surface area contributed by atoms with E-state index in [4.69, 9.17) is 4.74 Å². The van der Waals surface area contributed by atoms with Gasteiger partial charge in [0.25, 0.3) is 0 Å². The Kier molecular flexibility index (Phi) is 5.30. The Labute approximate surface area is 146 Å². The highest BCUT2D eigenvalue weighted by Gasteiger charge is 2.34. The van der Waals surface area contributed by atoms with Crippen molar-refractivity contribution in [3.05, 3.63) is 16.4 Å². The number of carbonyl (C=O) groups is 1. The molecule has 9 nitrogen and oxygen atoms in total. The fraction of sp³-hybridized carbons (Fsp3) is 0.688. The summed E-state index contributed by atoms with van der Waals surface area (Å²) in [6, 6.07) is 0. The molecular formula is C16H23N5O4. The molecule has 136 valence electrons. The number of ether oxygens (including phenoxy) is 1. The zero-order valence-corrected chi connectivity index (χ0v) is 14.4. The van der Waals surface area contributed by atoms with Crippen LogP contribution in [0.15, 0.2) is 6.33 Å². The van der Waals surface area contributed by atoms with Crippen molar-refractivity contribution in [1.82, 2.24) is 9.97 Å². The van der Waals surface area contributed by atoms with Crippen LogP contribution in [0.3, 0.4) is 0 Å². The van der Waals surface area contributed by atoms with Gasteiger partial charge >= 0.3 is 11.7 Å². The summed E-state index contributed by atoms with van der Waals surface area (Å²) in [5, 5.41) is 11.7. The Balaban J connectivity index is 1.80. The van der Waals surface area contributed by atoms with Crippen LogP contribution < -0.4 is 9.80 Å². The van der Waals surface area contributed by atoms with E-state index in [2.05, 4.69) is 9.97 Å². The lowest BCUT2D eigenvalue weighted by Gasteiger charge is -2.31. The molecule has 3 heterocycles. The molecule has 0 aromatic carbocycles. The first-order valence-corrected chi connectivity index (χ1v) is 8.77. The molecule has 0 bridgehead atoms. The number of aromatic nitrogens is 2. The summed E-state index contributed by atoms with van der Waals surface area (Å²) < 4.78 is 5.07. The van der Waals surface area contributed by atoms with Crippen LogP contribution in [0.1, 0.15) is 32.6 Å². The molecule has 2 aliphatic rings. The van der Waals surface area contributed by atoms with Crippen LogP contribution in [0.4, 0.5) is 17.3 Å². The van der Waals surface area contributed by atoms with Crippen LogP contribution in [0.25, 0.3) is 0 Å². The van der Waals surface area contributed by atoms with Crippen molar-refractivity contribution >= 4 is 23.3 Å². The summed E-state index contributed by atoms with van der Waals surface area (Å²) in [4.78, 5) is 35.4. The van der Waals surface area contributed by atoms with Crippen molar-refractivity contribution in [1.29, 1.82) is 0 Å². The van der Waals surface area contributed by atoms with E-state index in [0.29, 0.717) is 44.2 Å². The number of carbonyl (C=O) groups excluding carboxylic acids is 1. The number of esters is 1. The average molecular weight is 349 g/mol. The van der Waals surface area contributed by atoms with E-state index in [9.17, 15) is 14.9 Å². The fourth-order valence-corrected chi connectivity index (χ4v) is 3.50. The standard InChI is InChI=1S/C16H23N5O4/c1-2-25-16(22)12-5-9-20(10-6-12)15-13(21(23)24)14(17-11-18-15)19-7-3-4-8-19/h11-12H,2-10H2,1H3. The van der Waals surface area contributed by atoms with Gasteiger partial charge in [0.15, 0.2) is 0 Å². The lowest BCUT2D eigenvalue weighted by molar-refractivity contribution is -0.383. The number of piperidine rings is 1. The SMILES string of the molecule is CCOC(=O)C1CCN(c2ncnc(N3CCCC3)c2[N+](=O)[O-])CC1. The summed E-state index contributed by atoms with van der Waals surface area (Å²) in [6.07, 6.45) is 4.65. The van der Waals surface area contributed by atoms with Crippen molar-refractivity contribution in [3.63, 3.8) is 0 Å². The fourth-order valence-electron chi connectivity index (χ4n) is 3.50. The second-order valence-electron chi connectivity index (χ2n) is 6.33. The lowest BCUT2D eigenvalue weighted by atomic mass is 9.97. The van der Waals surface area contributed by atoms with Gasteiger partial charge in [0, 0.05) is 26.2 Å². The van der Waals surface area contributed by atoms with Gasteiger partial charge in [0.05, 0.1) is 17.4 Å². The smallest absolute Gasteiger partial charge is 0.353 e. The molecule has 2 saturated heterocycles. The first-order valence-electron chi connectivity index (χ1n) is 8.77. The minimum Gasteiger partial charge on any atom is -0.466 e. The van der Waals surface area contributed by atoms with Gasteiger partial charge in [-0.05, 0) is 32.6 Å². The van der Waals surface area contributed by atoms with Crippen molar-refractivity contribution in [2.75, 3.05) is 42.6 Å². The van der Waals surface area contributed by atoms with E-state index in [1.165, 1.54) is 6.33 Å². The molecule has 0 radical (unpaired) electrons. The quantitative estimate of drug-likeness (QED) is 0.450. The maximum absolute atomic E-state index is 11.9. The molecule has 0 spiro atoms. The highest BCUT2D eigenvalue weighted by atomic mass is 16.6. The van der Waals surface area contributed by atoms with Gasteiger partial charge in [-0.3, -0.25) is 14.9 Å². The third-order valence-corrected chi connectivity index (χ3v) is 4.79. The van der Waals surface area contributed by atoms with E-state index in [1.807, 2.05) is 9.80 Å². The number of anilines is 2. The summed E-state index contributed by atoms with van der Waals surface area (Å²) >= 11 is 0. The van der Waals surface area contributed by atoms with Crippen LogP contribution in [-0.4, -0.2) is 53.6 Å². The summed E-state index contributed by atoms with van der Waals surface area (Å²) in [5.74, 6) is 0.427. The molecular weight excluding hydrogens is 326 g/mol. The van der Waals surface area contributed by atoms with Gasteiger partial charge in [0.2, 0.25) is 11.6 Å². The molecule has 0 saturated carbocycles. The zero-order chi connectivity index (χ0) is 17.8. The van der Waals surface area contributed by atoms with Crippen molar-refractivity contribution < 1.29 is 14.5 Å². The molecule has 0 amide bonds. The minimum absolute atomic E-state index is 0.0287. The largest absolute Gasteiger partial charge is 0.466 e. The highest BCUT2D eigenvalue weighted by Crippen LogP contribution is 2.37. The average Bonchev–Trinajstić information content (AvgIpc) is 3.16. The lowest BCUT2D eigenvalue weighted by Crippen LogP contribution is -2.38. The van der Waals surface area contributed by atoms with Crippen LogP contribution in [0.5, 0.6) is 0 Å². The van der Waals surface area contributed by atoms with E-state index in [-0.39, 0.29) is 22.5 Å². The second kappa shape index (κ2) is 7.62. The summed E-state index contributed by atoms with van der Waals surface area (Å²) in [6.45, 7) is 4.80. The normalized spacial score (nSPS) is 18.4. The minimum atomic E-state index is -0.388. The van der Waals surface area contributed by atoms with E-state index in [0.717, 1.165) is 25.9 Å². The Hall–Kier alpha value is -2.45. The third-order valence-electron chi connectivity index (χ3n) is 4.79. The Morgan fingerprint density at radius 3 is 2.28 bits per heavy atom. The number of hydrogen-bond donors (Lipinski definition) is 0. The highest BCUT2D eigenvalue weighted by molar-refractivity contribution is 5.74. The molecule has 0 aliphatic carbocycles. The first-order chi connectivity index (χ1) is 12.1. The van der Waals surface area contributed by atoms with Crippen LogP contribution in [0, 0.1) is 16.0 Å². The van der Waals surface area contributed by atoms with Crippen molar-refractivity contribution in [2.45, 2.75) is 32.6 Å². The Bertz CT molecular complexity index is 639. The van der Waals surface area contributed by atoms with Crippen LogP contribution in [0.2, 0.25) is 0 Å². The molecule has 0 unspecified atom stereocenters. The molecule has 25 heavy (non-hydrogen) atoms. The molecule has 0 N–H and O–H groups in total. The molecule has 0 atom stereocenters. The monoisotopic (exact) mass is 349 g/mol. The maximum atomic E-state index is 11.9. The number of rotatable bonds is 5. The van der Waals surface area contributed by atoms with Gasteiger partial charge in [-0.25, -0.2) is 9.97 Å². The molecule has 9 heteroatoms. The third kappa shape index (κ3) is 3.64. The molecule has 2 fully saturated rings. The zero-order valence-electron chi connectivity index (χ0n) is 14.4. The van der Waals surface area contributed by atoms with Gasteiger partial charge in [-0.15, -0.1) is 0 Å². The molecule has 1 aromatic heterocycles. The van der Waals surface area contributed by atoms with Crippen molar-refractivity contribution in [2.24, 2.45) is 5.92 Å². The van der Waals surface area contributed by atoms with E-state index in [1.54, 1.807) is 6.92 Å².